The van der Waals surface area contributed by atoms with Crippen LogP contribution in [0.4, 0.5) is 8.78 Å². The van der Waals surface area contributed by atoms with Crippen molar-refractivity contribution in [2.24, 2.45) is 0 Å². The van der Waals surface area contributed by atoms with E-state index >= 15 is 0 Å². The Morgan fingerprint density at radius 1 is 1.53 bits per heavy atom. The highest BCUT2D eigenvalue weighted by molar-refractivity contribution is 5.91. The molecule has 0 saturated carbocycles. The van der Waals surface area contributed by atoms with Crippen LogP contribution in [0.15, 0.2) is 6.07 Å². The van der Waals surface area contributed by atoms with Gasteiger partial charge in [-0.25, -0.2) is 18.6 Å². The highest BCUT2D eigenvalue weighted by Crippen LogP contribution is 2.27. The predicted molar refractivity (Wildman–Crippen MR) is 51.8 cm³/mol. The molecule has 0 radical (unpaired) electrons. The highest BCUT2D eigenvalue weighted by atomic mass is 19.3. The van der Waals surface area contributed by atoms with Gasteiger partial charge in [0.2, 0.25) is 0 Å². The molecule has 0 amide bonds. The minimum atomic E-state index is -2.87. The zero-order valence-electron chi connectivity index (χ0n) is 9.03. The second-order valence-electron chi connectivity index (χ2n) is 2.88. The van der Waals surface area contributed by atoms with Crippen LogP contribution in [0.1, 0.15) is 28.2 Å². The van der Waals surface area contributed by atoms with Crippen LogP contribution in [0.3, 0.4) is 0 Å². The van der Waals surface area contributed by atoms with Crippen molar-refractivity contribution >= 4 is 5.97 Å². The van der Waals surface area contributed by atoms with Gasteiger partial charge in [0.15, 0.2) is 5.69 Å². The van der Waals surface area contributed by atoms with Crippen molar-refractivity contribution in [3.05, 3.63) is 23.0 Å². The second kappa shape index (κ2) is 5.21. The number of hydrogen-bond acceptors (Lipinski definition) is 5. The first-order chi connectivity index (χ1) is 8.04. The molecule has 1 aromatic rings. The van der Waals surface area contributed by atoms with Crippen molar-refractivity contribution in [2.75, 3.05) is 14.2 Å². The number of halogens is 2. The van der Waals surface area contributed by atoms with E-state index in [-0.39, 0.29) is 11.3 Å². The van der Waals surface area contributed by atoms with Crippen molar-refractivity contribution < 1.29 is 23.0 Å². The lowest BCUT2D eigenvalue weighted by Gasteiger charge is -2.09. The zero-order chi connectivity index (χ0) is 13.0. The van der Waals surface area contributed by atoms with Crippen molar-refractivity contribution in [1.29, 1.82) is 5.26 Å². The van der Waals surface area contributed by atoms with E-state index in [1.165, 1.54) is 7.11 Å². The molecule has 0 unspecified atom stereocenters. The van der Waals surface area contributed by atoms with Crippen molar-refractivity contribution in [3.63, 3.8) is 0 Å². The number of hydrogen-bond donors (Lipinski definition) is 0. The summed E-state index contributed by atoms with van der Waals surface area (Å²) in [5.41, 5.74) is -1.37. The molecule has 1 rings (SSSR count). The zero-order valence-corrected chi connectivity index (χ0v) is 9.03. The fraction of sp³-hybridized carbons (Fsp3) is 0.300. The van der Waals surface area contributed by atoms with Gasteiger partial charge in [-0.2, -0.15) is 5.26 Å². The minimum absolute atomic E-state index is 0.141. The van der Waals surface area contributed by atoms with Gasteiger partial charge in [0.1, 0.15) is 23.1 Å². The van der Waals surface area contributed by atoms with E-state index in [2.05, 4.69) is 9.72 Å². The number of aromatic nitrogens is 1. The molecule has 0 bridgehead atoms. The number of pyridine rings is 1. The maximum absolute atomic E-state index is 12.5. The predicted octanol–water partition coefficient (Wildman–Crippen LogP) is 1.69. The Hall–Kier alpha value is -2.23. The van der Waals surface area contributed by atoms with Crippen LogP contribution in [-0.4, -0.2) is 25.2 Å². The standard InChI is InChI=1S/C10H8F2N2O3/c1-16-7-3-6(9(11)12)14-8(5(7)4-13)10(15)17-2/h3,9H,1-2H3. The maximum Gasteiger partial charge on any atom is 0.358 e. The first kappa shape index (κ1) is 12.8. The van der Waals surface area contributed by atoms with E-state index in [1.807, 2.05) is 0 Å². The Kier molecular flexibility index (Phi) is 3.93. The SMILES string of the molecule is COC(=O)c1nc(C(F)F)cc(OC)c1C#N. The van der Waals surface area contributed by atoms with Crippen LogP contribution in [0.25, 0.3) is 0 Å². The van der Waals surface area contributed by atoms with E-state index in [1.54, 1.807) is 6.07 Å². The summed E-state index contributed by atoms with van der Waals surface area (Å²) in [7, 11) is 2.26. The molecule has 0 saturated heterocycles. The van der Waals surface area contributed by atoms with Crippen LogP contribution in [0.2, 0.25) is 0 Å². The van der Waals surface area contributed by atoms with Crippen molar-refractivity contribution in [3.8, 4) is 11.8 Å². The molecule has 0 aliphatic rings. The highest BCUT2D eigenvalue weighted by Gasteiger charge is 2.22. The number of ether oxygens (including phenoxy) is 2. The van der Waals surface area contributed by atoms with Gasteiger partial charge in [-0.1, -0.05) is 0 Å². The van der Waals surface area contributed by atoms with Crippen molar-refractivity contribution in [2.45, 2.75) is 6.43 Å². The van der Waals surface area contributed by atoms with Crippen LogP contribution in [-0.2, 0) is 4.74 Å². The molecular weight excluding hydrogens is 234 g/mol. The van der Waals surface area contributed by atoms with E-state index in [4.69, 9.17) is 10.00 Å². The monoisotopic (exact) mass is 242 g/mol. The van der Waals surface area contributed by atoms with Gasteiger partial charge in [0.05, 0.1) is 14.2 Å². The van der Waals surface area contributed by atoms with Crippen molar-refractivity contribution in [1.82, 2.24) is 4.98 Å². The molecule has 7 heteroatoms. The lowest BCUT2D eigenvalue weighted by molar-refractivity contribution is 0.0591. The summed E-state index contributed by atoms with van der Waals surface area (Å²) >= 11 is 0. The molecule has 0 fully saturated rings. The summed E-state index contributed by atoms with van der Waals surface area (Å²) in [6, 6.07) is 2.58. The van der Waals surface area contributed by atoms with E-state index in [0.717, 1.165) is 13.2 Å². The largest absolute Gasteiger partial charge is 0.495 e. The number of rotatable bonds is 3. The molecule has 0 aliphatic carbocycles. The van der Waals surface area contributed by atoms with Gasteiger partial charge in [-0.3, -0.25) is 0 Å². The lowest BCUT2D eigenvalue weighted by Crippen LogP contribution is -2.10. The Labute approximate surface area is 95.6 Å². The van der Waals surface area contributed by atoms with Gasteiger partial charge < -0.3 is 9.47 Å². The van der Waals surface area contributed by atoms with Gasteiger partial charge in [0.25, 0.3) is 6.43 Å². The van der Waals surface area contributed by atoms with Crippen LogP contribution < -0.4 is 4.74 Å². The lowest BCUT2D eigenvalue weighted by atomic mass is 10.1. The Morgan fingerprint density at radius 2 is 2.18 bits per heavy atom. The van der Waals surface area contributed by atoms with E-state index in [9.17, 15) is 13.6 Å². The van der Waals surface area contributed by atoms with Crippen LogP contribution in [0, 0.1) is 11.3 Å². The van der Waals surface area contributed by atoms with Gasteiger partial charge in [-0.05, 0) is 0 Å². The average molecular weight is 242 g/mol. The number of nitrogens with zero attached hydrogens (tertiary/aromatic N) is 2. The molecule has 1 aromatic heterocycles. The number of carbonyl (C=O) groups excluding carboxylic acids is 1. The Balaban J connectivity index is 3.49. The summed E-state index contributed by atoms with van der Waals surface area (Å²) < 4.78 is 34.1. The van der Waals surface area contributed by atoms with Crippen LogP contribution in [0.5, 0.6) is 5.75 Å². The summed E-state index contributed by atoms with van der Waals surface area (Å²) in [5.74, 6) is -1.11. The fourth-order valence-corrected chi connectivity index (χ4v) is 1.17. The molecular formula is C10H8F2N2O3. The number of methoxy groups -OCH3 is 2. The number of alkyl halides is 2. The molecule has 0 N–H and O–H groups in total. The molecule has 0 spiro atoms. The molecule has 0 aromatic carbocycles. The third-order valence-electron chi connectivity index (χ3n) is 1.94. The van der Waals surface area contributed by atoms with E-state index < -0.39 is 23.8 Å². The molecule has 17 heavy (non-hydrogen) atoms. The normalized spacial score (nSPS) is 9.88. The average Bonchev–Trinajstić information content (AvgIpc) is 2.35. The Morgan fingerprint density at radius 3 is 2.59 bits per heavy atom. The van der Waals surface area contributed by atoms with E-state index in [0.29, 0.717) is 0 Å². The quantitative estimate of drug-likeness (QED) is 0.754. The van der Waals surface area contributed by atoms with Gasteiger partial charge in [-0.15, -0.1) is 0 Å². The van der Waals surface area contributed by atoms with Gasteiger partial charge >= 0.3 is 5.97 Å². The molecule has 0 atom stereocenters. The molecule has 5 nitrogen and oxygen atoms in total. The summed E-state index contributed by atoms with van der Waals surface area (Å²) in [6.45, 7) is 0. The first-order valence-electron chi connectivity index (χ1n) is 4.40. The second-order valence-corrected chi connectivity index (χ2v) is 2.88. The number of carbonyl (C=O) groups is 1. The summed E-state index contributed by atoms with van der Waals surface area (Å²) in [6.07, 6.45) is -2.87. The Bertz CT molecular complexity index is 483. The van der Waals surface area contributed by atoms with Gasteiger partial charge in [0, 0.05) is 6.07 Å². The molecule has 90 valence electrons. The summed E-state index contributed by atoms with van der Waals surface area (Å²) in [4.78, 5) is 14.7. The third-order valence-corrected chi connectivity index (χ3v) is 1.94. The smallest absolute Gasteiger partial charge is 0.358 e. The summed E-state index contributed by atoms with van der Waals surface area (Å²) in [5, 5.41) is 8.84. The fourth-order valence-electron chi connectivity index (χ4n) is 1.17. The molecule has 1 heterocycles. The first-order valence-corrected chi connectivity index (χ1v) is 4.40. The third kappa shape index (κ3) is 2.47. The minimum Gasteiger partial charge on any atom is -0.495 e. The topological polar surface area (TPSA) is 72.2 Å². The number of esters is 1. The van der Waals surface area contributed by atoms with Crippen LogP contribution >= 0.6 is 0 Å². The number of nitriles is 1. The maximum atomic E-state index is 12.5. The molecule has 0 aliphatic heterocycles.